The highest BCUT2D eigenvalue weighted by Gasteiger charge is 2.70. The number of hydrogen-bond acceptors (Lipinski definition) is 0. The van der Waals surface area contributed by atoms with E-state index < -0.39 is 0 Å². The van der Waals surface area contributed by atoms with Crippen LogP contribution in [0, 0.1) is 66.0 Å². The number of hydrogen-bond donors (Lipinski definition) is 0. The molecule has 0 aromatic heterocycles. The Balaban J connectivity index is 2.62. The van der Waals surface area contributed by atoms with Gasteiger partial charge in [0.15, 0.2) is 0 Å². The van der Waals surface area contributed by atoms with Crippen LogP contribution in [0.25, 0.3) is 0 Å². The maximum Gasteiger partial charge on any atom is -0.0241 e. The second kappa shape index (κ2) is 7.31. The Bertz CT molecular complexity index is 660. The van der Waals surface area contributed by atoms with E-state index in [1.165, 1.54) is 12.8 Å². The summed E-state index contributed by atoms with van der Waals surface area (Å²) in [5.74, 6) is 1.37. The molecule has 0 atom stereocenters. The Morgan fingerprint density at radius 1 is 0.265 bits per heavy atom. The summed E-state index contributed by atoms with van der Waals surface area (Å²) < 4.78 is 0. The molecule has 2 rings (SSSR count). The highest BCUT2D eigenvalue weighted by atomic mass is 14.7. The molecule has 2 aliphatic rings. The van der Waals surface area contributed by atoms with Crippen molar-refractivity contribution >= 4 is 0 Å². The van der Waals surface area contributed by atoms with Gasteiger partial charge in [-0.1, -0.05) is 138 Å². The Labute approximate surface area is 217 Å². The lowest BCUT2D eigenvalue weighted by Gasteiger charge is -2.74. The van der Waals surface area contributed by atoms with Gasteiger partial charge in [0.05, 0.1) is 0 Å². The molecular weight excluding hydrogens is 408 g/mol. The van der Waals surface area contributed by atoms with E-state index in [-0.39, 0.29) is 54.1 Å². The van der Waals surface area contributed by atoms with E-state index in [0.29, 0.717) is 11.8 Å². The van der Waals surface area contributed by atoms with Crippen LogP contribution in [0.2, 0.25) is 0 Å². The second-order valence-electron chi connectivity index (χ2n) is 18.3. The summed E-state index contributed by atoms with van der Waals surface area (Å²) in [6.07, 6.45) is 2.65. The van der Waals surface area contributed by atoms with Gasteiger partial charge >= 0.3 is 0 Å². The maximum absolute atomic E-state index is 2.60. The lowest BCUT2D eigenvalue weighted by molar-refractivity contribution is -0.264. The smallest absolute Gasteiger partial charge is 0.0241 e. The molecule has 0 bridgehead atoms. The largest absolute Gasteiger partial charge is 0.0591 e. The van der Waals surface area contributed by atoms with Crippen LogP contribution in [0.1, 0.15) is 151 Å². The van der Waals surface area contributed by atoms with Crippen LogP contribution in [0.15, 0.2) is 0 Å². The average molecular weight is 475 g/mol. The zero-order valence-electron chi connectivity index (χ0n) is 27.6. The summed E-state index contributed by atoms with van der Waals surface area (Å²) in [7, 11) is 0. The van der Waals surface area contributed by atoms with E-state index in [2.05, 4.69) is 138 Å². The van der Waals surface area contributed by atoms with Crippen molar-refractivity contribution in [3.8, 4) is 0 Å². The first-order chi connectivity index (χ1) is 14.5. The van der Waals surface area contributed by atoms with Gasteiger partial charge < -0.3 is 0 Å². The summed E-state index contributed by atoms with van der Waals surface area (Å²) in [6, 6.07) is 0. The molecule has 0 heterocycles. The van der Waals surface area contributed by atoms with E-state index in [4.69, 9.17) is 0 Å². The Kier molecular flexibility index (Phi) is 6.50. The van der Waals surface area contributed by atoms with Crippen LogP contribution in [0.5, 0.6) is 0 Å². The maximum atomic E-state index is 2.60. The topological polar surface area (TPSA) is 0 Å². The van der Waals surface area contributed by atoms with Crippen LogP contribution in [0.3, 0.4) is 0 Å². The minimum Gasteiger partial charge on any atom is -0.0591 e. The van der Waals surface area contributed by atoms with Crippen molar-refractivity contribution in [3.05, 3.63) is 0 Å². The van der Waals surface area contributed by atoms with Crippen molar-refractivity contribution in [2.45, 2.75) is 151 Å². The van der Waals surface area contributed by atoms with Crippen molar-refractivity contribution in [1.82, 2.24) is 0 Å². The standard InChI is InChI=1S/C34H66/c1-25(2)23(26(3,4)30(11,12)33(17,18)29(25,9)10)21-22-24-27(5,6)31(13,14)34(19,20)32(15,16)28(24,7)8/h23-24H,21-22H2,1-20H3. The van der Waals surface area contributed by atoms with Crippen LogP contribution >= 0.6 is 0 Å². The lowest BCUT2D eigenvalue weighted by atomic mass is 9.30. The minimum absolute atomic E-state index is 0.251. The first-order valence-corrected chi connectivity index (χ1v) is 14.5. The molecule has 2 fully saturated rings. The average Bonchev–Trinajstić information content (AvgIpc) is 2.61. The van der Waals surface area contributed by atoms with Gasteiger partial charge in [0, 0.05) is 0 Å². The molecule has 0 saturated heterocycles. The SMILES string of the molecule is CC1(C)C(CCC2C(C)(C)C(C)(C)C(C)(C)C(C)(C)C2(C)C)C(C)(C)C(C)(C)C(C)(C)C1(C)C. The lowest BCUT2D eigenvalue weighted by Crippen LogP contribution is -2.68. The van der Waals surface area contributed by atoms with E-state index in [0.717, 1.165) is 0 Å². The van der Waals surface area contributed by atoms with Crippen LogP contribution < -0.4 is 0 Å². The second-order valence-corrected chi connectivity index (χ2v) is 18.3. The molecule has 0 aliphatic heterocycles. The number of rotatable bonds is 3. The van der Waals surface area contributed by atoms with Gasteiger partial charge in [0.1, 0.15) is 0 Å². The molecular formula is C34H66. The zero-order valence-corrected chi connectivity index (χ0v) is 27.6. The van der Waals surface area contributed by atoms with E-state index in [1.54, 1.807) is 0 Å². The molecule has 2 saturated carbocycles. The van der Waals surface area contributed by atoms with E-state index in [9.17, 15) is 0 Å². The normalized spacial score (nSPS) is 33.9. The molecule has 0 N–H and O–H groups in total. The predicted octanol–water partition coefficient (Wildman–Crippen LogP) is 11.3. The van der Waals surface area contributed by atoms with Gasteiger partial charge in [0.2, 0.25) is 0 Å². The van der Waals surface area contributed by atoms with Crippen molar-refractivity contribution in [3.63, 3.8) is 0 Å². The van der Waals surface area contributed by atoms with E-state index >= 15 is 0 Å². The fourth-order valence-electron chi connectivity index (χ4n) is 10.1. The van der Waals surface area contributed by atoms with Gasteiger partial charge in [-0.05, 0) is 78.8 Å². The summed E-state index contributed by atoms with van der Waals surface area (Å²) in [6.45, 7) is 51.6. The van der Waals surface area contributed by atoms with Gasteiger partial charge in [-0.3, -0.25) is 0 Å². The van der Waals surface area contributed by atoms with Crippen molar-refractivity contribution < 1.29 is 0 Å². The summed E-state index contributed by atoms with van der Waals surface area (Å²) >= 11 is 0. The molecule has 0 radical (unpaired) electrons. The molecule has 0 unspecified atom stereocenters. The van der Waals surface area contributed by atoms with Crippen molar-refractivity contribution in [2.24, 2.45) is 66.0 Å². The molecule has 202 valence electrons. The third kappa shape index (κ3) is 3.01. The molecule has 0 heteroatoms. The Morgan fingerprint density at radius 2 is 0.412 bits per heavy atom. The molecule has 2 aliphatic carbocycles. The predicted molar refractivity (Wildman–Crippen MR) is 154 cm³/mol. The molecule has 0 amide bonds. The fourth-order valence-corrected chi connectivity index (χ4v) is 10.1. The Hall–Kier alpha value is 0. The van der Waals surface area contributed by atoms with Crippen molar-refractivity contribution in [2.75, 3.05) is 0 Å². The van der Waals surface area contributed by atoms with Gasteiger partial charge in [-0.25, -0.2) is 0 Å². The van der Waals surface area contributed by atoms with Gasteiger partial charge in [0.25, 0.3) is 0 Å². The fraction of sp³-hybridized carbons (Fsp3) is 1.00. The highest BCUT2D eigenvalue weighted by molar-refractivity contribution is 5.19. The monoisotopic (exact) mass is 475 g/mol. The quantitative estimate of drug-likeness (QED) is 0.381. The Morgan fingerprint density at radius 3 is 0.559 bits per heavy atom. The van der Waals surface area contributed by atoms with Gasteiger partial charge in [-0.2, -0.15) is 0 Å². The third-order valence-corrected chi connectivity index (χ3v) is 16.9. The third-order valence-electron chi connectivity index (χ3n) is 16.9. The molecule has 0 spiro atoms. The van der Waals surface area contributed by atoms with Crippen LogP contribution in [-0.2, 0) is 0 Å². The summed E-state index contributed by atoms with van der Waals surface area (Å²) in [5, 5.41) is 0. The zero-order chi connectivity index (χ0) is 27.6. The van der Waals surface area contributed by atoms with E-state index in [1.807, 2.05) is 0 Å². The van der Waals surface area contributed by atoms with Crippen LogP contribution in [-0.4, -0.2) is 0 Å². The highest BCUT2D eigenvalue weighted by Crippen LogP contribution is 2.77. The summed E-state index contributed by atoms with van der Waals surface area (Å²) in [5.41, 5.74) is 2.58. The first kappa shape index (κ1) is 30.2. The van der Waals surface area contributed by atoms with Crippen LogP contribution in [0.4, 0.5) is 0 Å². The molecule has 0 aromatic rings. The minimum atomic E-state index is 0.251. The van der Waals surface area contributed by atoms with Gasteiger partial charge in [-0.15, -0.1) is 0 Å². The molecule has 0 nitrogen and oxygen atoms in total. The summed E-state index contributed by atoms with van der Waals surface area (Å²) in [4.78, 5) is 0. The molecule has 34 heavy (non-hydrogen) atoms. The molecule has 0 aromatic carbocycles. The van der Waals surface area contributed by atoms with Crippen molar-refractivity contribution in [1.29, 1.82) is 0 Å². The first-order valence-electron chi connectivity index (χ1n) is 14.5.